The number of ether oxygens (including phenoxy) is 1. The average molecular weight is 215 g/mol. The summed E-state index contributed by atoms with van der Waals surface area (Å²) in [7, 11) is 0. The molecule has 0 atom stereocenters. The van der Waals surface area contributed by atoms with Crippen LogP contribution in [0.2, 0.25) is 0 Å². The zero-order valence-corrected chi connectivity index (χ0v) is 10.6. The third kappa shape index (κ3) is 11.4. The quantitative estimate of drug-likeness (QED) is 0.523. The van der Waals surface area contributed by atoms with Crippen LogP contribution in [0, 0.1) is 5.41 Å². The number of esters is 1. The van der Waals surface area contributed by atoms with Crippen LogP contribution in [0.1, 0.15) is 47.0 Å². The van der Waals surface area contributed by atoms with E-state index in [2.05, 4.69) is 33.0 Å². The van der Waals surface area contributed by atoms with E-state index in [4.69, 9.17) is 4.74 Å². The second-order valence-electron chi connectivity index (χ2n) is 5.06. The molecule has 0 unspecified atom stereocenters. The van der Waals surface area contributed by atoms with E-state index in [9.17, 15) is 4.79 Å². The van der Waals surface area contributed by atoms with E-state index < -0.39 is 0 Å². The lowest BCUT2D eigenvalue weighted by Crippen LogP contribution is -2.28. The molecule has 90 valence electrons. The number of hydrogen-bond donors (Lipinski definition) is 1. The summed E-state index contributed by atoms with van der Waals surface area (Å²) in [5.41, 5.74) is 0.319. The SMILES string of the molecule is CCCCOC(=O)CNCCC(C)(C)C. The zero-order chi connectivity index (χ0) is 11.7. The molecule has 0 rings (SSSR count). The minimum absolute atomic E-state index is 0.141. The van der Waals surface area contributed by atoms with Crippen molar-refractivity contribution in [1.82, 2.24) is 5.32 Å². The largest absolute Gasteiger partial charge is 0.465 e. The monoisotopic (exact) mass is 215 g/mol. The highest BCUT2D eigenvalue weighted by Crippen LogP contribution is 2.16. The van der Waals surface area contributed by atoms with E-state index in [0.717, 1.165) is 25.8 Å². The Bertz CT molecular complexity index is 173. The van der Waals surface area contributed by atoms with E-state index >= 15 is 0 Å². The number of carbonyl (C=O) groups is 1. The smallest absolute Gasteiger partial charge is 0.319 e. The highest BCUT2D eigenvalue weighted by molar-refractivity contribution is 5.71. The van der Waals surface area contributed by atoms with E-state index in [-0.39, 0.29) is 5.97 Å². The molecule has 0 aromatic heterocycles. The first-order valence-corrected chi connectivity index (χ1v) is 5.82. The van der Waals surface area contributed by atoms with Crippen LogP contribution in [-0.4, -0.2) is 25.7 Å². The first-order valence-electron chi connectivity index (χ1n) is 5.82. The molecule has 3 heteroatoms. The molecule has 0 saturated heterocycles. The Morgan fingerprint density at radius 3 is 2.53 bits per heavy atom. The minimum Gasteiger partial charge on any atom is -0.465 e. The molecule has 15 heavy (non-hydrogen) atoms. The lowest BCUT2D eigenvalue weighted by molar-refractivity contribution is -0.142. The molecular weight excluding hydrogens is 190 g/mol. The molecule has 0 spiro atoms. The van der Waals surface area contributed by atoms with Crippen LogP contribution < -0.4 is 5.32 Å². The molecule has 1 N–H and O–H groups in total. The lowest BCUT2D eigenvalue weighted by Gasteiger charge is -2.17. The first-order chi connectivity index (χ1) is 6.95. The molecule has 3 nitrogen and oxygen atoms in total. The Morgan fingerprint density at radius 2 is 2.00 bits per heavy atom. The van der Waals surface area contributed by atoms with E-state index in [0.29, 0.717) is 18.6 Å². The van der Waals surface area contributed by atoms with Crippen molar-refractivity contribution >= 4 is 5.97 Å². The van der Waals surface area contributed by atoms with Crippen molar-refractivity contribution in [3.8, 4) is 0 Å². The molecule has 0 radical (unpaired) electrons. The summed E-state index contributed by atoms with van der Waals surface area (Å²) < 4.78 is 5.01. The van der Waals surface area contributed by atoms with Crippen molar-refractivity contribution in [3.63, 3.8) is 0 Å². The van der Waals surface area contributed by atoms with E-state index in [1.165, 1.54) is 0 Å². The van der Waals surface area contributed by atoms with Crippen molar-refractivity contribution in [3.05, 3.63) is 0 Å². The van der Waals surface area contributed by atoms with Crippen LogP contribution in [0.5, 0.6) is 0 Å². The summed E-state index contributed by atoms with van der Waals surface area (Å²) in [6, 6.07) is 0. The van der Waals surface area contributed by atoms with Gasteiger partial charge in [-0.3, -0.25) is 4.79 Å². The van der Waals surface area contributed by atoms with Crippen molar-refractivity contribution in [1.29, 1.82) is 0 Å². The van der Waals surface area contributed by atoms with Crippen LogP contribution in [0.15, 0.2) is 0 Å². The van der Waals surface area contributed by atoms with Gasteiger partial charge in [-0.05, 0) is 24.8 Å². The van der Waals surface area contributed by atoms with Gasteiger partial charge in [0.15, 0.2) is 0 Å². The van der Waals surface area contributed by atoms with Crippen molar-refractivity contribution in [2.75, 3.05) is 19.7 Å². The molecule has 0 aliphatic heterocycles. The summed E-state index contributed by atoms with van der Waals surface area (Å²) >= 11 is 0. The Labute approximate surface area is 93.6 Å². The summed E-state index contributed by atoms with van der Waals surface area (Å²) in [6.07, 6.45) is 3.08. The van der Waals surface area contributed by atoms with Crippen molar-refractivity contribution in [2.24, 2.45) is 5.41 Å². The van der Waals surface area contributed by atoms with Gasteiger partial charge >= 0.3 is 5.97 Å². The molecule has 0 aromatic carbocycles. The highest BCUT2D eigenvalue weighted by Gasteiger charge is 2.09. The Morgan fingerprint density at radius 1 is 1.33 bits per heavy atom. The third-order valence-electron chi connectivity index (χ3n) is 2.08. The van der Waals surface area contributed by atoms with Gasteiger partial charge in [0.25, 0.3) is 0 Å². The van der Waals surface area contributed by atoms with Crippen LogP contribution in [-0.2, 0) is 9.53 Å². The van der Waals surface area contributed by atoms with Gasteiger partial charge in [0, 0.05) is 0 Å². The number of rotatable bonds is 7. The molecule has 0 amide bonds. The van der Waals surface area contributed by atoms with Crippen LogP contribution in [0.3, 0.4) is 0 Å². The zero-order valence-electron chi connectivity index (χ0n) is 10.6. The minimum atomic E-state index is -0.141. The van der Waals surface area contributed by atoms with Gasteiger partial charge < -0.3 is 10.1 Å². The topological polar surface area (TPSA) is 38.3 Å². The summed E-state index contributed by atoms with van der Waals surface area (Å²) in [5.74, 6) is -0.141. The number of unbranched alkanes of at least 4 members (excludes halogenated alkanes) is 1. The Hall–Kier alpha value is -0.570. The van der Waals surface area contributed by atoms with Gasteiger partial charge in [0.2, 0.25) is 0 Å². The summed E-state index contributed by atoms with van der Waals surface area (Å²) in [5, 5.41) is 3.09. The number of nitrogens with one attached hydrogen (secondary N) is 1. The van der Waals surface area contributed by atoms with E-state index in [1.807, 2.05) is 0 Å². The molecule has 0 aliphatic carbocycles. The third-order valence-corrected chi connectivity index (χ3v) is 2.08. The van der Waals surface area contributed by atoms with Crippen molar-refractivity contribution < 1.29 is 9.53 Å². The van der Waals surface area contributed by atoms with Gasteiger partial charge in [-0.1, -0.05) is 34.1 Å². The first kappa shape index (κ1) is 14.4. The van der Waals surface area contributed by atoms with Gasteiger partial charge in [-0.25, -0.2) is 0 Å². The van der Waals surface area contributed by atoms with Gasteiger partial charge in [0.1, 0.15) is 0 Å². The normalized spacial score (nSPS) is 11.5. The Kier molecular flexibility index (Phi) is 7.39. The lowest BCUT2D eigenvalue weighted by atomic mass is 9.92. The maximum atomic E-state index is 11.2. The fraction of sp³-hybridized carbons (Fsp3) is 0.917. The van der Waals surface area contributed by atoms with Gasteiger partial charge in [-0.15, -0.1) is 0 Å². The second-order valence-corrected chi connectivity index (χ2v) is 5.06. The molecular formula is C12H25NO2. The summed E-state index contributed by atoms with van der Waals surface area (Å²) in [6.45, 7) is 10.4. The predicted octanol–water partition coefficient (Wildman–Crippen LogP) is 2.36. The average Bonchev–Trinajstić information content (AvgIpc) is 2.11. The highest BCUT2D eigenvalue weighted by atomic mass is 16.5. The summed E-state index contributed by atoms with van der Waals surface area (Å²) in [4.78, 5) is 11.2. The Balaban J connectivity index is 3.32. The predicted molar refractivity (Wildman–Crippen MR) is 62.8 cm³/mol. The number of carbonyl (C=O) groups excluding carboxylic acids is 1. The molecule has 0 aromatic rings. The molecule has 0 heterocycles. The fourth-order valence-electron chi connectivity index (χ4n) is 1.04. The molecule has 0 aliphatic rings. The molecule has 0 bridgehead atoms. The fourth-order valence-corrected chi connectivity index (χ4v) is 1.04. The molecule has 0 fully saturated rings. The van der Waals surface area contributed by atoms with Crippen molar-refractivity contribution in [2.45, 2.75) is 47.0 Å². The maximum absolute atomic E-state index is 11.2. The van der Waals surface area contributed by atoms with E-state index in [1.54, 1.807) is 0 Å². The molecule has 0 saturated carbocycles. The maximum Gasteiger partial charge on any atom is 0.319 e. The van der Waals surface area contributed by atoms with Gasteiger partial charge in [-0.2, -0.15) is 0 Å². The van der Waals surface area contributed by atoms with Crippen LogP contribution >= 0.6 is 0 Å². The standard InChI is InChI=1S/C12H25NO2/c1-5-6-9-15-11(14)10-13-8-7-12(2,3)4/h13H,5-10H2,1-4H3. The number of hydrogen-bond acceptors (Lipinski definition) is 3. The van der Waals surface area contributed by atoms with Gasteiger partial charge in [0.05, 0.1) is 13.2 Å². The van der Waals surface area contributed by atoms with Crippen LogP contribution in [0.4, 0.5) is 0 Å². The second kappa shape index (κ2) is 7.69. The van der Waals surface area contributed by atoms with Crippen LogP contribution in [0.25, 0.3) is 0 Å².